The number of amides is 1. The van der Waals surface area contributed by atoms with Crippen molar-refractivity contribution in [1.82, 2.24) is 5.43 Å². The van der Waals surface area contributed by atoms with Crippen molar-refractivity contribution in [2.45, 2.75) is 19.3 Å². The molecule has 0 atom stereocenters. The summed E-state index contributed by atoms with van der Waals surface area (Å²) in [5, 5.41) is 4.36. The molecule has 6 heteroatoms. The highest BCUT2D eigenvalue weighted by Crippen LogP contribution is 2.38. The molecule has 136 valence electrons. The van der Waals surface area contributed by atoms with Gasteiger partial charge >= 0.3 is 0 Å². The number of hydrogen-bond acceptors (Lipinski definition) is 5. The van der Waals surface area contributed by atoms with Crippen LogP contribution in [0.15, 0.2) is 41.5 Å². The smallest absolute Gasteiger partial charge is 0.271 e. The van der Waals surface area contributed by atoms with E-state index in [0.29, 0.717) is 22.8 Å². The second-order valence-electron chi connectivity index (χ2n) is 5.92. The Labute approximate surface area is 152 Å². The fourth-order valence-corrected chi connectivity index (χ4v) is 3.11. The molecule has 2 aromatic rings. The lowest BCUT2D eigenvalue weighted by Crippen LogP contribution is -2.22. The van der Waals surface area contributed by atoms with Crippen molar-refractivity contribution >= 4 is 11.6 Å². The predicted octanol–water partition coefficient (Wildman–Crippen LogP) is 3.18. The zero-order valence-electron chi connectivity index (χ0n) is 15.2. The summed E-state index contributed by atoms with van der Waals surface area (Å²) < 4.78 is 15.9. The first-order valence-corrected chi connectivity index (χ1v) is 8.43. The number of methoxy groups -OCH3 is 3. The van der Waals surface area contributed by atoms with Crippen molar-refractivity contribution < 1.29 is 19.0 Å². The molecule has 1 aliphatic carbocycles. The van der Waals surface area contributed by atoms with Crippen LogP contribution in [-0.4, -0.2) is 32.9 Å². The first kappa shape index (κ1) is 17.8. The number of fused-ring (bicyclic) bond motifs is 1. The molecule has 6 nitrogen and oxygen atoms in total. The minimum atomic E-state index is -0.334. The van der Waals surface area contributed by atoms with Crippen LogP contribution in [0.4, 0.5) is 0 Å². The molecule has 0 heterocycles. The van der Waals surface area contributed by atoms with E-state index >= 15 is 0 Å². The van der Waals surface area contributed by atoms with Gasteiger partial charge < -0.3 is 14.2 Å². The van der Waals surface area contributed by atoms with E-state index in [-0.39, 0.29) is 5.91 Å². The summed E-state index contributed by atoms with van der Waals surface area (Å²) in [6.07, 6.45) is 2.90. The topological polar surface area (TPSA) is 69.2 Å². The van der Waals surface area contributed by atoms with Gasteiger partial charge in [-0.3, -0.25) is 4.79 Å². The molecule has 2 aromatic carbocycles. The largest absolute Gasteiger partial charge is 0.493 e. The highest BCUT2D eigenvalue weighted by atomic mass is 16.5. The summed E-state index contributed by atoms with van der Waals surface area (Å²) in [5.74, 6) is 0.958. The molecule has 0 fully saturated rings. The number of ether oxygens (including phenoxy) is 3. The minimum absolute atomic E-state index is 0.334. The third-order valence-electron chi connectivity index (χ3n) is 4.41. The third kappa shape index (κ3) is 3.49. The Hall–Kier alpha value is -3.02. The van der Waals surface area contributed by atoms with Crippen molar-refractivity contribution in [1.29, 1.82) is 0 Å². The van der Waals surface area contributed by atoms with Gasteiger partial charge in [-0.05, 0) is 37.0 Å². The van der Waals surface area contributed by atoms with Crippen molar-refractivity contribution in [3.63, 3.8) is 0 Å². The summed E-state index contributed by atoms with van der Waals surface area (Å²) >= 11 is 0. The molecule has 0 saturated carbocycles. The molecule has 0 aromatic heterocycles. The molecule has 1 N–H and O–H groups in total. The van der Waals surface area contributed by atoms with Crippen molar-refractivity contribution in [2.24, 2.45) is 5.10 Å². The first-order chi connectivity index (χ1) is 12.7. The highest BCUT2D eigenvalue weighted by molar-refractivity contribution is 6.04. The van der Waals surface area contributed by atoms with Gasteiger partial charge in [0.15, 0.2) is 11.5 Å². The van der Waals surface area contributed by atoms with Gasteiger partial charge in [-0.2, -0.15) is 5.10 Å². The van der Waals surface area contributed by atoms with Crippen LogP contribution < -0.4 is 19.6 Å². The molecule has 0 spiro atoms. The van der Waals surface area contributed by atoms with E-state index in [0.717, 1.165) is 30.5 Å². The number of benzene rings is 2. The Morgan fingerprint density at radius 2 is 1.69 bits per heavy atom. The lowest BCUT2D eigenvalue weighted by atomic mass is 9.90. The van der Waals surface area contributed by atoms with Gasteiger partial charge in [-0.15, -0.1) is 0 Å². The van der Waals surface area contributed by atoms with Crippen LogP contribution in [0, 0.1) is 0 Å². The van der Waals surface area contributed by atoms with Crippen LogP contribution in [0.5, 0.6) is 17.2 Å². The van der Waals surface area contributed by atoms with Gasteiger partial charge in [-0.1, -0.05) is 24.3 Å². The Balaban J connectivity index is 1.85. The lowest BCUT2D eigenvalue weighted by Gasteiger charge is -2.17. The summed E-state index contributed by atoms with van der Waals surface area (Å²) in [6, 6.07) is 11.4. The Bertz CT molecular complexity index is 820. The van der Waals surface area contributed by atoms with Gasteiger partial charge in [0.1, 0.15) is 0 Å². The van der Waals surface area contributed by atoms with Gasteiger partial charge in [0.05, 0.1) is 27.0 Å². The number of hydrazone groups is 1. The van der Waals surface area contributed by atoms with Gasteiger partial charge in [0.2, 0.25) is 5.75 Å². The van der Waals surface area contributed by atoms with E-state index in [2.05, 4.69) is 16.6 Å². The van der Waals surface area contributed by atoms with Crippen LogP contribution in [0.3, 0.4) is 0 Å². The van der Waals surface area contributed by atoms with Gasteiger partial charge in [-0.25, -0.2) is 5.43 Å². The van der Waals surface area contributed by atoms with Crippen LogP contribution in [0.1, 0.15) is 34.3 Å². The molecule has 26 heavy (non-hydrogen) atoms. The molecule has 1 aliphatic rings. The molecule has 0 aliphatic heterocycles. The second-order valence-corrected chi connectivity index (χ2v) is 5.92. The summed E-state index contributed by atoms with van der Waals surface area (Å²) in [7, 11) is 4.54. The highest BCUT2D eigenvalue weighted by Gasteiger charge is 2.18. The maximum atomic E-state index is 12.6. The Morgan fingerprint density at radius 1 is 1.00 bits per heavy atom. The second kappa shape index (κ2) is 7.91. The Morgan fingerprint density at radius 3 is 2.35 bits per heavy atom. The molecule has 1 amide bonds. The maximum absolute atomic E-state index is 12.6. The molecule has 3 rings (SSSR count). The summed E-state index contributed by atoms with van der Waals surface area (Å²) in [6.45, 7) is 0. The van der Waals surface area contributed by atoms with E-state index in [4.69, 9.17) is 14.2 Å². The maximum Gasteiger partial charge on any atom is 0.271 e. The van der Waals surface area contributed by atoms with Gasteiger partial charge in [0, 0.05) is 11.1 Å². The Kier molecular flexibility index (Phi) is 5.41. The minimum Gasteiger partial charge on any atom is -0.493 e. The van der Waals surface area contributed by atoms with Crippen molar-refractivity contribution in [3.05, 3.63) is 53.1 Å². The zero-order chi connectivity index (χ0) is 18.5. The molecule has 0 bridgehead atoms. The van der Waals surface area contributed by atoms with E-state index in [1.807, 2.05) is 18.2 Å². The van der Waals surface area contributed by atoms with Crippen LogP contribution in [0.25, 0.3) is 0 Å². The van der Waals surface area contributed by atoms with Crippen molar-refractivity contribution in [3.8, 4) is 17.2 Å². The number of rotatable bonds is 5. The number of carbonyl (C=O) groups excluding carboxylic acids is 1. The average Bonchev–Trinajstić information content (AvgIpc) is 2.70. The van der Waals surface area contributed by atoms with Crippen LogP contribution >= 0.6 is 0 Å². The SMILES string of the molecule is COc1cc(C(=O)N/N=C2/CCCc3ccccc32)cc(OC)c1OC. The molecule has 0 unspecified atom stereocenters. The molecular formula is C20H22N2O4. The number of aryl methyl sites for hydroxylation is 1. The fraction of sp³-hybridized carbons (Fsp3) is 0.300. The van der Waals surface area contributed by atoms with E-state index in [1.54, 1.807) is 12.1 Å². The zero-order valence-corrected chi connectivity index (χ0v) is 15.2. The van der Waals surface area contributed by atoms with Crippen LogP contribution in [-0.2, 0) is 6.42 Å². The molecule has 0 radical (unpaired) electrons. The van der Waals surface area contributed by atoms with Crippen molar-refractivity contribution in [2.75, 3.05) is 21.3 Å². The normalized spacial score (nSPS) is 14.5. The number of nitrogens with one attached hydrogen (secondary N) is 1. The third-order valence-corrected chi connectivity index (χ3v) is 4.41. The summed E-state index contributed by atoms with van der Waals surface area (Å²) in [5.41, 5.74) is 6.29. The standard InChI is InChI=1S/C20H22N2O4/c1-24-17-11-14(12-18(25-2)19(17)26-3)20(23)22-21-16-10-6-8-13-7-4-5-9-15(13)16/h4-5,7,9,11-12H,6,8,10H2,1-3H3,(H,22,23)/b21-16-. The molecule has 0 saturated heterocycles. The first-order valence-electron chi connectivity index (χ1n) is 8.43. The predicted molar refractivity (Wildman–Crippen MR) is 99.5 cm³/mol. The fourth-order valence-electron chi connectivity index (χ4n) is 3.11. The number of carbonyl (C=O) groups is 1. The summed E-state index contributed by atoms with van der Waals surface area (Å²) in [4.78, 5) is 12.6. The van der Waals surface area contributed by atoms with E-state index < -0.39 is 0 Å². The average molecular weight is 354 g/mol. The van der Waals surface area contributed by atoms with E-state index in [1.165, 1.54) is 26.9 Å². The van der Waals surface area contributed by atoms with E-state index in [9.17, 15) is 4.79 Å². The number of nitrogens with zero attached hydrogens (tertiary/aromatic N) is 1. The number of hydrogen-bond donors (Lipinski definition) is 1. The van der Waals surface area contributed by atoms with Crippen LogP contribution in [0.2, 0.25) is 0 Å². The lowest BCUT2D eigenvalue weighted by molar-refractivity contribution is 0.0954. The monoisotopic (exact) mass is 354 g/mol. The molecular weight excluding hydrogens is 332 g/mol. The van der Waals surface area contributed by atoms with Gasteiger partial charge in [0.25, 0.3) is 5.91 Å². The quantitative estimate of drug-likeness (QED) is 0.838.